The number of aryl methyl sites for hydroxylation is 2. The molecule has 1 aromatic rings. The Morgan fingerprint density at radius 1 is 1.26 bits per heavy atom. The molecular formula is C19H28N2O2. The molecule has 1 aliphatic heterocycles. The number of benzene rings is 1. The van der Waals surface area contributed by atoms with Gasteiger partial charge in [-0.25, -0.2) is 0 Å². The predicted molar refractivity (Wildman–Crippen MR) is 91.8 cm³/mol. The lowest BCUT2D eigenvalue weighted by molar-refractivity contribution is -0.127. The van der Waals surface area contributed by atoms with Crippen LogP contribution in [0.1, 0.15) is 49.3 Å². The summed E-state index contributed by atoms with van der Waals surface area (Å²) in [6.45, 7) is 4.51. The van der Waals surface area contributed by atoms with Gasteiger partial charge < -0.3 is 10.1 Å². The maximum absolute atomic E-state index is 12.2. The van der Waals surface area contributed by atoms with Gasteiger partial charge in [0, 0.05) is 19.2 Å². The smallest absolute Gasteiger partial charge is 0.237 e. The molecule has 3 rings (SSSR count). The average molecular weight is 316 g/mol. The molecule has 1 saturated heterocycles. The fraction of sp³-hybridized carbons (Fsp3) is 0.632. The topological polar surface area (TPSA) is 41.6 Å². The molecule has 0 bridgehead atoms. The van der Waals surface area contributed by atoms with Crippen LogP contribution < -0.4 is 10.1 Å². The molecule has 0 unspecified atom stereocenters. The Bertz CT molecular complexity index is 571. The fourth-order valence-electron chi connectivity index (χ4n) is 3.93. The predicted octanol–water partition coefficient (Wildman–Crippen LogP) is 2.67. The van der Waals surface area contributed by atoms with Crippen LogP contribution in [0.5, 0.6) is 5.75 Å². The van der Waals surface area contributed by atoms with Crippen LogP contribution in [0.15, 0.2) is 12.1 Å². The molecule has 4 nitrogen and oxygen atoms in total. The summed E-state index contributed by atoms with van der Waals surface area (Å²) in [6, 6.07) is 4.56. The van der Waals surface area contributed by atoms with Gasteiger partial charge in [0.25, 0.3) is 0 Å². The van der Waals surface area contributed by atoms with Gasteiger partial charge in [0.05, 0.1) is 12.6 Å². The van der Waals surface area contributed by atoms with E-state index in [4.69, 9.17) is 4.74 Å². The van der Waals surface area contributed by atoms with E-state index in [1.807, 2.05) is 6.92 Å². The number of nitrogens with zero attached hydrogens (tertiary/aromatic N) is 1. The highest BCUT2D eigenvalue weighted by Gasteiger charge is 2.29. The van der Waals surface area contributed by atoms with Crippen LogP contribution >= 0.6 is 0 Å². The van der Waals surface area contributed by atoms with Crippen LogP contribution in [0.2, 0.25) is 0 Å². The summed E-state index contributed by atoms with van der Waals surface area (Å²) in [5.41, 5.74) is 4.15. The van der Waals surface area contributed by atoms with Gasteiger partial charge >= 0.3 is 0 Å². The zero-order valence-electron chi connectivity index (χ0n) is 14.4. The van der Waals surface area contributed by atoms with Crippen molar-refractivity contribution in [1.82, 2.24) is 10.2 Å². The SMILES string of the molecule is CCOc1cc2c(cc1CN1CCCC[C@H]1C(=O)NC)CCC2. The first-order chi connectivity index (χ1) is 11.2. The third-order valence-electron chi connectivity index (χ3n) is 5.11. The Labute approximate surface area is 139 Å². The minimum absolute atomic E-state index is 0.00326. The van der Waals surface area contributed by atoms with Crippen LogP contribution in [0.4, 0.5) is 0 Å². The van der Waals surface area contributed by atoms with E-state index in [9.17, 15) is 4.79 Å². The first-order valence-electron chi connectivity index (χ1n) is 8.96. The van der Waals surface area contributed by atoms with E-state index in [-0.39, 0.29) is 11.9 Å². The molecule has 0 saturated carbocycles. The number of piperidine rings is 1. The molecular weight excluding hydrogens is 288 g/mol. The number of carbonyl (C=O) groups excluding carboxylic acids is 1. The number of rotatable bonds is 5. The van der Waals surface area contributed by atoms with Gasteiger partial charge in [-0.05, 0) is 62.8 Å². The molecule has 2 aliphatic rings. The normalized spacial score (nSPS) is 21.0. The number of amides is 1. The van der Waals surface area contributed by atoms with Gasteiger partial charge in [0.2, 0.25) is 5.91 Å². The Hall–Kier alpha value is -1.55. The van der Waals surface area contributed by atoms with E-state index < -0.39 is 0 Å². The average Bonchev–Trinajstić information content (AvgIpc) is 3.02. The van der Waals surface area contributed by atoms with E-state index >= 15 is 0 Å². The van der Waals surface area contributed by atoms with Crippen molar-refractivity contribution in [2.45, 2.75) is 58.0 Å². The molecule has 23 heavy (non-hydrogen) atoms. The van der Waals surface area contributed by atoms with E-state index in [1.165, 1.54) is 42.4 Å². The molecule has 1 N–H and O–H groups in total. The van der Waals surface area contributed by atoms with Gasteiger partial charge in [0.15, 0.2) is 0 Å². The van der Waals surface area contributed by atoms with Crippen LogP contribution in [0.25, 0.3) is 0 Å². The van der Waals surface area contributed by atoms with Crippen molar-refractivity contribution in [3.63, 3.8) is 0 Å². The summed E-state index contributed by atoms with van der Waals surface area (Å²) in [6.07, 6.45) is 6.84. The van der Waals surface area contributed by atoms with Crippen LogP contribution in [0, 0.1) is 0 Å². The van der Waals surface area contributed by atoms with Gasteiger partial charge in [-0.15, -0.1) is 0 Å². The standard InChI is InChI=1S/C19H28N2O2/c1-3-23-18-12-15-8-6-7-14(15)11-16(18)13-21-10-5-4-9-17(21)19(22)20-2/h11-12,17H,3-10,13H2,1-2H3,(H,20,22)/t17-/m0/s1. The van der Waals surface area contributed by atoms with Gasteiger partial charge in [0.1, 0.15) is 5.75 Å². The van der Waals surface area contributed by atoms with Crippen LogP contribution in [-0.2, 0) is 24.2 Å². The Balaban J connectivity index is 1.84. The number of likely N-dealkylation sites (tertiary alicyclic amines) is 1. The highest BCUT2D eigenvalue weighted by molar-refractivity contribution is 5.81. The zero-order chi connectivity index (χ0) is 16.2. The van der Waals surface area contributed by atoms with Crippen LogP contribution in [0.3, 0.4) is 0 Å². The number of likely N-dealkylation sites (N-methyl/N-ethyl adjacent to an activating group) is 1. The molecule has 1 heterocycles. The third-order valence-corrected chi connectivity index (χ3v) is 5.11. The summed E-state index contributed by atoms with van der Waals surface area (Å²) in [4.78, 5) is 14.5. The lowest BCUT2D eigenvalue weighted by Gasteiger charge is -2.34. The number of hydrogen-bond donors (Lipinski definition) is 1. The molecule has 126 valence electrons. The summed E-state index contributed by atoms with van der Waals surface area (Å²) in [5.74, 6) is 1.15. The maximum Gasteiger partial charge on any atom is 0.237 e. The molecule has 4 heteroatoms. The second-order valence-corrected chi connectivity index (χ2v) is 6.61. The molecule has 1 atom stereocenters. The molecule has 1 fully saturated rings. The maximum atomic E-state index is 12.2. The van der Waals surface area contributed by atoms with E-state index in [2.05, 4.69) is 22.3 Å². The molecule has 1 amide bonds. The second kappa shape index (κ2) is 7.35. The van der Waals surface area contributed by atoms with Crippen molar-refractivity contribution in [2.24, 2.45) is 0 Å². The Morgan fingerprint density at radius 3 is 2.78 bits per heavy atom. The van der Waals surface area contributed by atoms with Gasteiger partial charge in [-0.3, -0.25) is 9.69 Å². The largest absolute Gasteiger partial charge is 0.494 e. The monoisotopic (exact) mass is 316 g/mol. The van der Waals surface area contributed by atoms with Gasteiger partial charge in [-0.2, -0.15) is 0 Å². The third kappa shape index (κ3) is 3.52. The lowest BCUT2D eigenvalue weighted by atomic mass is 9.99. The van der Waals surface area contributed by atoms with E-state index in [0.717, 1.165) is 31.7 Å². The van der Waals surface area contributed by atoms with Crippen molar-refractivity contribution >= 4 is 5.91 Å². The number of carbonyl (C=O) groups is 1. The minimum Gasteiger partial charge on any atom is -0.494 e. The summed E-state index contributed by atoms with van der Waals surface area (Å²) in [5, 5.41) is 2.82. The molecule has 0 aromatic heterocycles. The van der Waals surface area contributed by atoms with Crippen molar-refractivity contribution in [3.8, 4) is 5.75 Å². The Morgan fingerprint density at radius 2 is 2.04 bits per heavy atom. The number of fused-ring (bicyclic) bond motifs is 1. The number of nitrogens with one attached hydrogen (secondary N) is 1. The molecule has 0 radical (unpaired) electrons. The van der Waals surface area contributed by atoms with Crippen molar-refractivity contribution in [1.29, 1.82) is 0 Å². The fourth-order valence-corrected chi connectivity index (χ4v) is 3.93. The lowest BCUT2D eigenvalue weighted by Crippen LogP contribution is -2.48. The molecule has 1 aromatic carbocycles. The second-order valence-electron chi connectivity index (χ2n) is 6.61. The summed E-state index contributed by atoms with van der Waals surface area (Å²) in [7, 11) is 1.73. The van der Waals surface area contributed by atoms with Crippen LogP contribution in [-0.4, -0.2) is 37.0 Å². The first kappa shape index (κ1) is 16.3. The Kier molecular flexibility index (Phi) is 5.21. The molecule has 1 aliphatic carbocycles. The highest BCUT2D eigenvalue weighted by Crippen LogP contribution is 2.32. The van der Waals surface area contributed by atoms with E-state index in [0.29, 0.717) is 6.61 Å². The zero-order valence-corrected chi connectivity index (χ0v) is 14.4. The first-order valence-corrected chi connectivity index (χ1v) is 8.96. The van der Waals surface area contributed by atoms with Crippen molar-refractivity contribution < 1.29 is 9.53 Å². The van der Waals surface area contributed by atoms with E-state index in [1.54, 1.807) is 7.05 Å². The summed E-state index contributed by atoms with van der Waals surface area (Å²) >= 11 is 0. The van der Waals surface area contributed by atoms with Crippen molar-refractivity contribution in [2.75, 3.05) is 20.2 Å². The minimum atomic E-state index is -0.00326. The number of ether oxygens (including phenoxy) is 1. The summed E-state index contributed by atoms with van der Waals surface area (Å²) < 4.78 is 5.90. The van der Waals surface area contributed by atoms with Gasteiger partial charge in [-0.1, -0.05) is 12.5 Å². The highest BCUT2D eigenvalue weighted by atomic mass is 16.5. The van der Waals surface area contributed by atoms with Crippen molar-refractivity contribution in [3.05, 3.63) is 28.8 Å². The molecule has 0 spiro atoms. The number of hydrogen-bond acceptors (Lipinski definition) is 3. The quantitative estimate of drug-likeness (QED) is 0.908.